The summed E-state index contributed by atoms with van der Waals surface area (Å²) in [5.41, 5.74) is -4.18. The fourth-order valence-electron chi connectivity index (χ4n) is 3.37. The average molecular weight is 698 g/mol. The minimum Gasteiger partial charge on any atom is -0.465 e. The number of carbonyl (C=O) groups is 1. The van der Waals surface area contributed by atoms with Crippen molar-refractivity contribution >= 4 is 43.2 Å². The molecule has 0 aliphatic carbocycles. The molecule has 2 rings (SSSR count). The van der Waals surface area contributed by atoms with Crippen LogP contribution < -0.4 is 11.2 Å². The maximum absolute atomic E-state index is 15.2. The van der Waals surface area contributed by atoms with Crippen LogP contribution in [-0.2, 0) is 41.7 Å². The molecule has 23 heteroatoms. The number of aromatic amines is 1. The SMILES string of the molecule is CCOC(=O)C(C#N)(COCSSCCCO)COP(=O)(O)OC[C@H]1O[C@@H](n2ccc(=O)[nH]c2=O)C(F)C1OP(=O)(O)O. The third kappa shape index (κ3) is 11.7. The largest absolute Gasteiger partial charge is 0.472 e. The van der Waals surface area contributed by atoms with Gasteiger partial charge in [0.2, 0.25) is 5.41 Å². The Morgan fingerprint density at radius 1 is 1.26 bits per heavy atom. The Morgan fingerprint density at radius 3 is 2.58 bits per heavy atom. The average Bonchev–Trinajstić information content (AvgIpc) is 3.22. The summed E-state index contributed by atoms with van der Waals surface area (Å²) >= 11 is 0. The summed E-state index contributed by atoms with van der Waals surface area (Å²) in [6.45, 7) is -1.45. The Bertz CT molecular complexity index is 1320. The van der Waals surface area contributed by atoms with Crippen LogP contribution in [0, 0.1) is 16.7 Å². The maximum Gasteiger partial charge on any atom is 0.472 e. The number of hydrogen-bond acceptors (Lipinski definition) is 15. The van der Waals surface area contributed by atoms with Crippen molar-refractivity contribution in [3.63, 3.8) is 0 Å². The van der Waals surface area contributed by atoms with E-state index in [1.54, 1.807) is 6.07 Å². The van der Waals surface area contributed by atoms with E-state index in [1.807, 2.05) is 4.98 Å². The van der Waals surface area contributed by atoms with Crippen molar-refractivity contribution in [1.82, 2.24) is 9.55 Å². The van der Waals surface area contributed by atoms with Gasteiger partial charge in [-0.3, -0.25) is 32.7 Å². The second kappa shape index (κ2) is 17.2. The summed E-state index contributed by atoms with van der Waals surface area (Å²) < 4.78 is 69.4. The minimum atomic E-state index is -5.37. The number of carbonyl (C=O) groups excluding carboxylic acids is 1. The first kappa shape index (κ1) is 37.6. The molecule has 4 unspecified atom stereocenters. The first-order chi connectivity index (χ1) is 20.2. The van der Waals surface area contributed by atoms with Crippen molar-refractivity contribution < 1.29 is 65.9 Å². The van der Waals surface area contributed by atoms with Crippen LogP contribution in [0.3, 0.4) is 0 Å². The van der Waals surface area contributed by atoms with Gasteiger partial charge in [0.25, 0.3) is 5.56 Å². The summed E-state index contributed by atoms with van der Waals surface area (Å²) in [4.78, 5) is 66.5. The van der Waals surface area contributed by atoms with E-state index in [2.05, 4.69) is 4.52 Å². The summed E-state index contributed by atoms with van der Waals surface area (Å²) in [5, 5.41) is 18.5. The van der Waals surface area contributed by atoms with Crippen molar-refractivity contribution in [3.8, 4) is 6.07 Å². The van der Waals surface area contributed by atoms with Gasteiger partial charge in [-0.05, 0) is 13.3 Å². The molecular weight excluding hydrogens is 667 g/mol. The lowest BCUT2D eigenvalue weighted by Gasteiger charge is -2.25. The number of aromatic nitrogens is 2. The molecule has 1 aliphatic heterocycles. The smallest absolute Gasteiger partial charge is 0.465 e. The second-order valence-corrected chi connectivity index (χ2v) is 13.7. The number of aliphatic hydroxyl groups is 1. The molecule has 0 radical (unpaired) electrons. The Labute approximate surface area is 251 Å². The zero-order valence-corrected chi connectivity index (χ0v) is 25.8. The number of alkyl halides is 1. The first-order valence-corrected chi connectivity index (χ1v) is 17.7. The number of halogens is 1. The molecule has 244 valence electrons. The van der Waals surface area contributed by atoms with Crippen LogP contribution in [0.25, 0.3) is 0 Å². The zero-order valence-electron chi connectivity index (χ0n) is 22.4. The highest BCUT2D eigenvalue weighted by atomic mass is 33.1. The molecule has 1 aliphatic rings. The zero-order chi connectivity index (χ0) is 32.3. The van der Waals surface area contributed by atoms with E-state index in [9.17, 15) is 43.5 Å². The number of esters is 1. The standard InChI is InChI=1S/C20H30FN3O15P2S2/c1-2-35-18(27)20(9-22,10-34-12-43-42-7-3-6-25)11-37-41(32,33)36-8-13-16(39-40(29,30)31)15(21)17(38-13)24-5-4-14(26)23-19(24)28/h4-5,13,15-17,25H,2-3,6-8,10-12H2,1H3,(H,32,33)(H,23,26,28)(H2,29,30,31)/t13-,15?,16?,17-,20?/m1/s1. The Hall–Kier alpha value is -1.63. The lowest BCUT2D eigenvalue weighted by Crippen LogP contribution is -2.40. The van der Waals surface area contributed by atoms with E-state index in [0.717, 1.165) is 12.3 Å². The molecule has 0 amide bonds. The van der Waals surface area contributed by atoms with Gasteiger partial charge in [0.1, 0.15) is 18.1 Å². The van der Waals surface area contributed by atoms with Crippen LogP contribution in [0.5, 0.6) is 0 Å². The highest BCUT2D eigenvalue weighted by Crippen LogP contribution is 2.48. The molecule has 1 aromatic heterocycles. The van der Waals surface area contributed by atoms with Gasteiger partial charge in [0.05, 0.1) is 32.5 Å². The Morgan fingerprint density at radius 2 is 1.98 bits per heavy atom. The summed E-state index contributed by atoms with van der Waals surface area (Å²) in [5.74, 6) is -0.522. The molecule has 43 heavy (non-hydrogen) atoms. The summed E-state index contributed by atoms with van der Waals surface area (Å²) in [7, 11) is -7.98. The number of phosphoric ester groups is 2. The van der Waals surface area contributed by atoms with Gasteiger partial charge in [-0.25, -0.2) is 18.3 Å². The molecule has 5 N–H and O–H groups in total. The highest BCUT2D eigenvalue weighted by molar-refractivity contribution is 8.76. The van der Waals surface area contributed by atoms with Gasteiger partial charge in [0.15, 0.2) is 12.4 Å². The number of nitrogens with zero attached hydrogens (tertiary/aromatic N) is 2. The van der Waals surface area contributed by atoms with Crippen LogP contribution in [0.15, 0.2) is 21.9 Å². The quantitative estimate of drug-likeness (QED) is 0.0425. The molecule has 1 saturated heterocycles. The number of phosphoric acid groups is 2. The van der Waals surface area contributed by atoms with Gasteiger partial charge < -0.3 is 34.0 Å². The van der Waals surface area contributed by atoms with E-state index in [4.69, 9.17) is 28.4 Å². The first-order valence-electron chi connectivity index (χ1n) is 12.2. The molecule has 1 fully saturated rings. The fourth-order valence-corrected chi connectivity index (χ4v) is 6.43. The number of hydrogen-bond donors (Lipinski definition) is 5. The van der Waals surface area contributed by atoms with Crippen LogP contribution >= 0.6 is 37.2 Å². The predicted molar refractivity (Wildman–Crippen MR) is 146 cm³/mol. The molecule has 0 spiro atoms. The van der Waals surface area contributed by atoms with E-state index in [-0.39, 0.29) is 19.2 Å². The van der Waals surface area contributed by atoms with Crippen LogP contribution in [0.2, 0.25) is 0 Å². The summed E-state index contributed by atoms with van der Waals surface area (Å²) in [6.07, 6.45) is -6.91. The normalized spacial score (nSPS) is 23.3. The Kier molecular flexibility index (Phi) is 15.0. The monoisotopic (exact) mass is 697 g/mol. The van der Waals surface area contributed by atoms with E-state index >= 15 is 4.39 Å². The summed E-state index contributed by atoms with van der Waals surface area (Å²) in [6, 6.07) is 2.50. The molecule has 1 aromatic rings. The molecule has 18 nitrogen and oxygen atoms in total. The highest BCUT2D eigenvalue weighted by Gasteiger charge is 2.51. The predicted octanol–water partition coefficient (Wildman–Crippen LogP) is 0.195. The lowest BCUT2D eigenvalue weighted by molar-refractivity contribution is -0.156. The van der Waals surface area contributed by atoms with Gasteiger partial charge in [-0.15, -0.1) is 0 Å². The van der Waals surface area contributed by atoms with Gasteiger partial charge in [0, 0.05) is 24.6 Å². The van der Waals surface area contributed by atoms with Crippen molar-refractivity contribution in [2.24, 2.45) is 5.41 Å². The number of H-pyrrole nitrogens is 1. The third-order valence-corrected chi connectivity index (χ3v) is 8.98. The van der Waals surface area contributed by atoms with Gasteiger partial charge >= 0.3 is 27.3 Å². The van der Waals surface area contributed by atoms with Crippen LogP contribution in [-0.4, -0.2) is 98.4 Å². The number of nitriles is 1. The number of rotatable bonds is 19. The molecule has 0 saturated carbocycles. The minimum absolute atomic E-state index is 0.00369. The van der Waals surface area contributed by atoms with Gasteiger partial charge in [-0.2, -0.15) is 5.26 Å². The number of aliphatic hydroxyl groups excluding tert-OH is 1. The maximum atomic E-state index is 15.2. The van der Waals surface area contributed by atoms with Crippen LogP contribution in [0.1, 0.15) is 19.6 Å². The third-order valence-electron chi connectivity index (χ3n) is 5.36. The molecule has 0 bridgehead atoms. The number of ether oxygens (including phenoxy) is 3. The van der Waals surface area contributed by atoms with E-state index < -0.39 is 82.7 Å². The van der Waals surface area contributed by atoms with E-state index in [0.29, 0.717) is 16.7 Å². The lowest BCUT2D eigenvalue weighted by atomic mass is 9.92. The fraction of sp³-hybridized carbons (Fsp3) is 0.700. The second-order valence-electron chi connectivity index (χ2n) is 8.52. The van der Waals surface area contributed by atoms with Crippen molar-refractivity contribution in [3.05, 3.63) is 33.1 Å². The van der Waals surface area contributed by atoms with Crippen LogP contribution in [0.4, 0.5) is 4.39 Å². The molecular formula is C20H30FN3O15P2S2. The molecule has 2 heterocycles. The number of nitrogens with one attached hydrogen (secondary N) is 1. The molecule has 6 atom stereocenters. The Balaban J connectivity index is 2.12. The van der Waals surface area contributed by atoms with Crippen molar-refractivity contribution in [2.75, 3.05) is 44.7 Å². The van der Waals surface area contributed by atoms with Crippen molar-refractivity contribution in [1.29, 1.82) is 5.26 Å². The van der Waals surface area contributed by atoms with Gasteiger partial charge in [-0.1, -0.05) is 21.6 Å². The molecule has 0 aromatic carbocycles. The topological polar surface area (TPSA) is 266 Å². The van der Waals surface area contributed by atoms with Crippen molar-refractivity contribution in [2.45, 2.75) is 38.0 Å². The van der Waals surface area contributed by atoms with E-state index in [1.165, 1.54) is 28.5 Å².